The van der Waals surface area contributed by atoms with E-state index in [-0.39, 0.29) is 5.54 Å². The van der Waals surface area contributed by atoms with Crippen molar-refractivity contribution in [3.8, 4) is 0 Å². The number of H-pyrrole nitrogens is 2. The lowest BCUT2D eigenvalue weighted by molar-refractivity contribution is 0.346. The Balaban J connectivity index is 1.26. The van der Waals surface area contributed by atoms with Gasteiger partial charge >= 0.3 is 0 Å². The summed E-state index contributed by atoms with van der Waals surface area (Å²) in [7, 11) is 0. The van der Waals surface area contributed by atoms with Gasteiger partial charge in [0.05, 0.1) is 11.0 Å². The van der Waals surface area contributed by atoms with E-state index in [1.165, 1.54) is 22.3 Å². The van der Waals surface area contributed by atoms with E-state index < -0.39 is 0 Å². The van der Waals surface area contributed by atoms with E-state index in [9.17, 15) is 0 Å². The summed E-state index contributed by atoms with van der Waals surface area (Å²) in [5, 5.41) is 3.81. The second-order valence-corrected chi connectivity index (χ2v) is 11.1. The Morgan fingerprint density at radius 2 is 1.61 bits per heavy atom. The molecule has 1 aromatic heterocycles. The van der Waals surface area contributed by atoms with Gasteiger partial charge in [-0.1, -0.05) is 74.2 Å². The molecule has 0 aliphatic heterocycles. The van der Waals surface area contributed by atoms with Crippen molar-refractivity contribution >= 4 is 28.9 Å². The van der Waals surface area contributed by atoms with Gasteiger partial charge in [-0.3, -0.25) is 0 Å². The Hall–Kier alpha value is -3.15. The molecule has 1 atom stereocenters. The molecular weight excluding hydrogens is 460 g/mol. The van der Waals surface area contributed by atoms with Gasteiger partial charge in [0.1, 0.15) is 0 Å². The first kappa shape index (κ1) is 25.9. The van der Waals surface area contributed by atoms with E-state index in [0.717, 1.165) is 48.8 Å². The standard InChI is InChI=1S/C31H38N4S/c1-21(8-15-27-6-5-7-28-29(27)35-30(36)34-28)20-33-31(3,4)19-25-11-9-23(10-12-25)18-24-13-16-26(17-14-24)22(2)32/h5-7,9-14,16-17,21,33H,2,8,15,18-20,32H2,1,3-4H3,(H2,34,35,36). The zero-order chi connectivity index (χ0) is 25.7. The molecule has 0 aliphatic rings. The van der Waals surface area contributed by atoms with Gasteiger partial charge in [0.2, 0.25) is 0 Å². The fourth-order valence-electron chi connectivity index (χ4n) is 4.70. The lowest BCUT2D eigenvalue weighted by Gasteiger charge is -2.28. The number of nitrogens with one attached hydrogen (secondary N) is 3. The largest absolute Gasteiger partial charge is 0.399 e. The highest BCUT2D eigenvalue weighted by atomic mass is 32.1. The van der Waals surface area contributed by atoms with E-state index in [1.807, 2.05) is 12.1 Å². The topological polar surface area (TPSA) is 69.6 Å². The summed E-state index contributed by atoms with van der Waals surface area (Å²) < 4.78 is 0.690. The highest BCUT2D eigenvalue weighted by molar-refractivity contribution is 7.71. The van der Waals surface area contributed by atoms with Crippen LogP contribution in [0, 0.1) is 10.7 Å². The van der Waals surface area contributed by atoms with Gasteiger partial charge in [-0.05, 0) is 98.1 Å². The third-order valence-corrected chi connectivity index (χ3v) is 7.08. The van der Waals surface area contributed by atoms with E-state index in [2.05, 4.69) is 97.2 Å². The van der Waals surface area contributed by atoms with Crippen LogP contribution in [-0.4, -0.2) is 22.1 Å². The van der Waals surface area contributed by atoms with Crippen LogP contribution in [0.15, 0.2) is 73.3 Å². The normalized spacial score (nSPS) is 12.6. The van der Waals surface area contributed by atoms with Crippen LogP contribution in [0.5, 0.6) is 0 Å². The predicted octanol–water partition coefficient (Wildman–Crippen LogP) is 6.93. The molecule has 0 aliphatic carbocycles. The molecule has 0 radical (unpaired) electrons. The average molecular weight is 499 g/mol. The van der Waals surface area contributed by atoms with Gasteiger partial charge in [-0.2, -0.15) is 0 Å². The van der Waals surface area contributed by atoms with Crippen LogP contribution < -0.4 is 11.1 Å². The minimum Gasteiger partial charge on any atom is -0.399 e. The smallest absolute Gasteiger partial charge is 0.175 e. The second kappa shape index (κ2) is 11.3. The van der Waals surface area contributed by atoms with Crippen LogP contribution >= 0.6 is 12.2 Å². The third kappa shape index (κ3) is 6.96. The molecule has 5 heteroatoms. The molecule has 3 aromatic carbocycles. The van der Waals surface area contributed by atoms with Crippen molar-refractivity contribution in [2.75, 3.05) is 6.54 Å². The number of rotatable bonds is 11. The maximum atomic E-state index is 5.77. The molecule has 4 aromatic rings. The van der Waals surface area contributed by atoms with Crippen LogP contribution in [0.4, 0.5) is 0 Å². The molecule has 36 heavy (non-hydrogen) atoms. The first-order valence-electron chi connectivity index (χ1n) is 12.7. The minimum absolute atomic E-state index is 0.0296. The maximum Gasteiger partial charge on any atom is 0.175 e. The van der Waals surface area contributed by atoms with Crippen molar-refractivity contribution in [2.24, 2.45) is 11.7 Å². The lowest BCUT2D eigenvalue weighted by Crippen LogP contribution is -2.43. The van der Waals surface area contributed by atoms with Gasteiger partial charge in [-0.15, -0.1) is 0 Å². The summed E-state index contributed by atoms with van der Waals surface area (Å²) in [6.07, 6.45) is 4.07. The van der Waals surface area contributed by atoms with E-state index in [0.29, 0.717) is 16.4 Å². The summed E-state index contributed by atoms with van der Waals surface area (Å²) in [4.78, 5) is 6.51. The van der Waals surface area contributed by atoms with Crippen molar-refractivity contribution in [3.63, 3.8) is 0 Å². The summed E-state index contributed by atoms with van der Waals surface area (Å²) >= 11 is 5.27. The number of hydrogen-bond donors (Lipinski definition) is 4. The molecule has 1 unspecified atom stereocenters. The number of fused-ring (bicyclic) bond motifs is 1. The van der Waals surface area contributed by atoms with Crippen molar-refractivity contribution in [3.05, 3.63) is 106 Å². The fraction of sp³-hybridized carbons (Fsp3) is 0.323. The Bertz CT molecular complexity index is 1360. The molecule has 0 fully saturated rings. The first-order valence-corrected chi connectivity index (χ1v) is 13.2. The minimum atomic E-state index is 0.0296. The molecule has 188 valence electrons. The number of imidazole rings is 1. The number of aromatic nitrogens is 2. The van der Waals surface area contributed by atoms with Crippen molar-refractivity contribution in [2.45, 2.75) is 52.0 Å². The van der Waals surface area contributed by atoms with Gasteiger partial charge in [0, 0.05) is 11.2 Å². The van der Waals surface area contributed by atoms with Crippen LogP contribution in [0.25, 0.3) is 16.7 Å². The zero-order valence-corrected chi connectivity index (χ0v) is 22.5. The molecule has 0 saturated carbocycles. The highest BCUT2D eigenvalue weighted by Crippen LogP contribution is 2.20. The average Bonchev–Trinajstić information content (AvgIpc) is 3.23. The fourth-order valence-corrected chi connectivity index (χ4v) is 4.91. The van der Waals surface area contributed by atoms with Gasteiger partial charge in [0.25, 0.3) is 0 Å². The molecular formula is C31H38N4S. The first-order chi connectivity index (χ1) is 17.2. The van der Waals surface area contributed by atoms with Crippen molar-refractivity contribution in [1.29, 1.82) is 0 Å². The zero-order valence-electron chi connectivity index (χ0n) is 21.7. The third-order valence-electron chi connectivity index (χ3n) is 6.88. The second-order valence-electron chi connectivity index (χ2n) is 10.7. The van der Waals surface area contributed by atoms with Crippen LogP contribution in [0.3, 0.4) is 0 Å². The van der Waals surface area contributed by atoms with Crippen LogP contribution in [0.2, 0.25) is 0 Å². The van der Waals surface area contributed by atoms with Gasteiger partial charge < -0.3 is 21.0 Å². The quantitative estimate of drug-likeness (QED) is 0.170. The molecule has 0 saturated heterocycles. The maximum absolute atomic E-state index is 5.77. The molecule has 5 N–H and O–H groups in total. The Morgan fingerprint density at radius 3 is 2.28 bits per heavy atom. The van der Waals surface area contributed by atoms with E-state index >= 15 is 0 Å². The molecule has 0 amide bonds. The molecule has 0 bridgehead atoms. The van der Waals surface area contributed by atoms with Gasteiger partial charge in [-0.25, -0.2) is 0 Å². The predicted molar refractivity (Wildman–Crippen MR) is 156 cm³/mol. The Labute approximate surface area is 220 Å². The van der Waals surface area contributed by atoms with Crippen molar-refractivity contribution < 1.29 is 0 Å². The number of benzene rings is 3. The highest BCUT2D eigenvalue weighted by Gasteiger charge is 2.19. The summed E-state index contributed by atoms with van der Waals surface area (Å²) in [6.45, 7) is 11.7. The molecule has 0 spiro atoms. The monoisotopic (exact) mass is 498 g/mol. The summed E-state index contributed by atoms with van der Waals surface area (Å²) in [5.74, 6) is 0.576. The Morgan fingerprint density at radius 1 is 0.972 bits per heavy atom. The number of aryl methyl sites for hydroxylation is 1. The van der Waals surface area contributed by atoms with Crippen LogP contribution in [0.1, 0.15) is 55.0 Å². The molecule has 1 heterocycles. The Kier molecular flexibility index (Phi) is 8.12. The molecule has 4 rings (SSSR count). The van der Waals surface area contributed by atoms with E-state index in [1.54, 1.807) is 0 Å². The van der Waals surface area contributed by atoms with Crippen molar-refractivity contribution in [1.82, 2.24) is 15.3 Å². The van der Waals surface area contributed by atoms with Gasteiger partial charge in [0.15, 0.2) is 4.77 Å². The number of para-hydroxylation sites is 1. The lowest BCUT2D eigenvalue weighted by atomic mass is 9.92. The number of aromatic amines is 2. The number of nitrogens with two attached hydrogens (primary N) is 1. The van der Waals surface area contributed by atoms with E-state index in [4.69, 9.17) is 18.0 Å². The van der Waals surface area contributed by atoms with Crippen LogP contribution in [-0.2, 0) is 19.3 Å². The number of hydrogen-bond acceptors (Lipinski definition) is 3. The summed E-state index contributed by atoms with van der Waals surface area (Å²) in [6, 6.07) is 23.7. The molecule has 4 nitrogen and oxygen atoms in total. The summed E-state index contributed by atoms with van der Waals surface area (Å²) in [5.41, 5.74) is 14.9. The SMILES string of the molecule is C=C(N)c1ccc(Cc2ccc(CC(C)(C)NCC(C)CCc3cccc4[nH]c(=S)[nH]c34)cc2)cc1.